The summed E-state index contributed by atoms with van der Waals surface area (Å²) in [5.74, 6) is 0.0520. The largest absolute Gasteiger partial charge is 0.348 e. The number of carbonyl (C=O) groups is 1. The van der Waals surface area contributed by atoms with E-state index in [4.69, 9.17) is 0 Å². The maximum Gasteiger partial charge on any atom is 0.251 e. The van der Waals surface area contributed by atoms with Gasteiger partial charge in [-0.3, -0.25) is 4.79 Å². The van der Waals surface area contributed by atoms with Gasteiger partial charge in [0, 0.05) is 18.2 Å². The Morgan fingerprint density at radius 1 is 1.39 bits per heavy atom. The van der Waals surface area contributed by atoms with Crippen LogP contribution in [0.4, 0.5) is 0 Å². The summed E-state index contributed by atoms with van der Waals surface area (Å²) in [5, 5.41) is 6.39. The summed E-state index contributed by atoms with van der Waals surface area (Å²) >= 11 is 0. The number of halogens is 1. The molecule has 0 bridgehead atoms. The van der Waals surface area contributed by atoms with E-state index < -0.39 is 0 Å². The first kappa shape index (κ1) is 15.0. The molecule has 4 heteroatoms. The van der Waals surface area contributed by atoms with Crippen LogP contribution in [0.25, 0.3) is 0 Å². The van der Waals surface area contributed by atoms with Gasteiger partial charge in [-0.1, -0.05) is 17.7 Å². The molecule has 1 aliphatic rings. The molecule has 2 rings (SSSR count). The highest BCUT2D eigenvalue weighted by Crippen LogP contribution is 2.11. The van der Waals surface area contributed by atoms with Crippen LogP contribution in [0.5, 0.6) is 0 Å². The molecular formula is C14H21ClN2O. The minimum Gasteiger partial charge on any atom is -0.348 e. The average molecular weight is 269 g/mol. The van der Waals surface area contributed by atoms with Crippen molar-refractivity contribution in [3.63, 3.8) is 0 Å². The Morgan fingerprint density at radius 3 is 2.78 bits per heavy atom. The maximum absolute atomic E-state index is 12.1. The van der Waals surface area contributed by atoms with Crippen LogP contribution < -0.4 is 10.6 Å². The topological polar surface area (TPSA) is 41.1 Å². The first-order valence-electron chi connectivity index (χ1n) is 6.25. The maximum atomic E-state index is 12.1. The standard InChI is InChI=1S/C14H20N2O.ClH/c1-10-5-6-13(11(2)8-10)14(17)16-12-4-3-7-15-9-12;/h5-6,8,12,15H,3-4,7,9H2,1-2H3,(H,16,17);1H/t12-;/m0./s1. The van der Waals surface area contributed by atoms with Crippen molar-refractivity contribution in [2.45, 2.75) is 32.7 Å². The number of amides is 1. The van der Waals surface area contributed by atoms with Gasteiger partial charge in [0.25, 0.3) is 5.91 Å². The molecular weight excluding hydrogens is 248 g/mol. The zero-order valence-corrected chi connectivity index (χ0v) is 11.8. The molecule has 3 nitrogen and oxygen atoms in total. The molecule has 1 amide bonds. The first-order valence-corrected chi connectivity index (χ1v) is 6.25. The van der Waals surface area contributed by atoms with Gasteiger partial charge in [0.15, 0.2) is 0 Å². The van der Waals surface area contributed by atoms with E-state index >= 15 is 0 Å². The second-order valence-corrected chi connectivity index (χ2v) is 4.84. The van der Waals surface area contributed by atoms with Crippen molar-refractivity contribution in [2.75, 3.05) is 13.1 Å². The fourth-order valence-corrected chi connectivity index (χ4v) is 2.31. The Kier molecular flexibility index (Phi) is 5.63. The molecule has 0 saturated carbocycles. The number of nitrogens with one attached hydrogen (secondary N) is 2. The van der Waals surface area contributed by atoms with Crippen molar-refractivity contribution >= 4 is 18.3 Å². The molecule has 0 spiro atoms. The zero-order chi connectivity index (χ0) is 12.3. The highest BCUT2D eigenvalue weighted by molar-refractivity contribution is 5.95. The van der Waals surface area contributed by atoms with Crippen LogP contribution >= 0.6 is 12.4 Å². The molecule has 100 valence electrons. The van der Waals surface area contributed by atoms with Gasteiger partial charge >= 0.3 is 0 Å². The highest BCUT2D eigenvalue weighted by atomic mass is 35.5. The zero-order valence-electron chi connectivity index (χ0n) is 11.0. The van der Waals surface area contributed by atoms with Crippen LogP contribution in [-0.2, 0) is 0 Å². The van der Waals surface area contributed by atoms with Crippen molar-refractivity contribution in [3.8, 4) is 0 Å². The van der Waals surface area contributed by atoms with E-state index in [-0.39, 0.29) is 24.4 Å². The fourth-order valence-electron chi connectivity index (χ4n) is 2.31. The number of aryl methyl sites for hydroxylation is 2. The third kappa shape index (κ3) is 3.72. The minimum absolute atomic E-state index is 0. The normalized spacial score (nSPS) is 18.9. The third-order valence-corrected chi connectivity index (χ3v) is 3.26. The van der Waals surface area contributed by atoms with Gasteiger partial charge in [0.05, 0.1) is 0 Å². The molecule has 1 aromatic rings. The van der Waals surface area contributed by atoms with Gasteiger partial charge in [-0.25, -0.2) is 0 Å². The quantitative estimate of drug-likeness (QED) is 0.864. The van der Waals surface area contributed by atoms with Crippen LogP contribution in [0.2, 0.25) is 0 Å². The Morgan fingerprint density at radius 2 is 2.17 bits per heavy atom. The molecule has 1 saturated heterocycles. The van der Waals surface area contributed by atoms with Crippen LogP contribution in [0.1, 0.15) is 34.3 Å². The molecule has 1 heterocycles. The predicted octanol–water partition coefficient (Wildman–Crippen LogP) is 2.21. The number of hydrogen-bond acceptors (Lipinski definition) is 2. The van der Waals surface area contributed by atoms with Crippen molar-refractivity contribution in [1.29, 1.82) is 0 Å². The smallest absolute Gasteiger partial charge is 0.251 e. The number of carbonyl (C=O) groups excluding carboxylic acids is 1. The van der Waals surface area contributed by atoms with Gasteiger partial charge < -0.3 is 10.6 Å². The Balaban J connectivity index is 0.00000162. The summed E-state index contributed by atoms with van der Waals surface area (Å²) in [6, 6.07) is 6.22. The molecule has 1 atom stereocenters. The second-order valence-electron chi connectivity index (χ2n) is 4.84. The SMILES string of the molecule is Cc1ccc(C(=O)N[C@H]2CCCNC2)c(C)c1.Cl. The lowest BCUT2D eigenvalue weighted by Crippen LogP contribution is -2.45. The summed E-state index contributed by atoms with van der Waals surface area (Å²) in [5.41, 5.74) is 3.03. The molecule has 1 aromatic carbocycles. The van der Waals surface area contributed by atoms with E-state index in [9.17, 15) is 4.79 Å². The van der Waals surface area contributed by atoms with Crippen molar-refractivity contribution < 1.29 is 4.79 Å². The van der Waals surface area contributed by atoms with Crippen LogP contribution in [-0.4, -0.2) is 25.0 Å². The molecule has 0 radical (unpaired) electrons. The summed E-state index contributed by atoms with van der Waals surface area (Å²) in [7, 11) is 0. The molecule has 1 aliphatic heterocycles. The summed E-state index contributed by atoms with van der Waals surface area (Å²) < 4.78 is 0. The second kappa shape index (κ2) is 6.76. The van der Waals surface area contributed by atoms with Gasteiger partial charge in [-0.15, -0.1) is 12.4 Å². The Labute approximate surface area is 115 Å². The highest BCUT2D eigenvalue weighted by Gasteiger charge is 2.17. The third-order valence-electron chi connectivity index (χ3n) is 3.26. The molecule has 1 fully saturated rings. The van der Waals surface area contributed by atoms with Crippen LogP contribution in [0.3, 0.4) is 0 Å². The molecule has 0 aromatic heterocycles. The number of rotatable bonds is 2. The van der Waals surface area contributed by atoms with E-state index in [1.54, 1.807) is 0 Å². The Bertz CT molecular complexity index is 414. The number of piperidine rings is 1. The van der Waals surface area contributed by atoms with E-state index in [1.165, 1.54) is 5.56 Å². The van der Waals surface area contributed by atoms with Gasteiger partial charge in [0.2, 0.25) is 0 Å². The van der Waals surface area contributed by atoms with E-state index in [0.29, 0.717) is 0 Å². The lowest BCUT2D eigenvalue weighted by atomic mass is 10.0. The van der Waals surface area contributed by atoms with Crippen molar-refractivity contribution in [2.24, 2.45) is 0 Å². The van der Waals surface area contributed by atoms with Crippen molar-refractivity contribution in [3.05, 3.63) is 34.9 Å². The molecule has 0 unspecified atom stereocenters. The van der Waals surface area contributed by atoms with E-state index in [1.807, 2.05) is 32.0 Å². The number of hydrogen-bond donors (Lipinski definition) is 2. The van der Waals surface area contributed by atoms with Gasteiger partial charge in [0.1, 0.15) is 0 Å². The summed E-state index contributed by atoms with van der Waals surface area (Å²) in [6.07, 6.45) is 2.21. The molecule has 18 heavy (non-hydrogen) atoms. The van der Waals surface area contributed by atoms with Crippen LogP contribution in [0.15, 0.2) is 18.2 Å². The first-order chi connectivity index (χ1) is 8.16. The van der Waals surface area contributed by atoms with Gasteiger partial charge in [-0.2, -0.15) is 0 Å². The fraction of sp³-hybridized carbons (Fsp3) is 0.500. The van der Waals surface area contributed by atoms with E-state index in [0.717, 1.165) is 37.1 Å². The molecule has 2 N–H and O–H groups in total. The van der Waals surface area contributed by atoms with Crippen molar-refractivity contribution in [1.82, 2.24) is 10.6 Å². The monoisotopic (exact) mass is 268 g/mol. The summed E-state index contributed by atoms with van der Waals surface area (Å²) in [6.45, 7) is 5.98. The predicted molar refractivity (Wildman–Crippen MR) is 76.5 cm³/mol. The average Bonchev–Trinajstić information content (AvgIpc) is 2.30. The number of benzene rings is 1. The minimum atomic E-state index is 0. The Hall–Kier alpha value is -1.06. The summed E-state index contributed by atoms with van der Waals surface area (Å²) in [4.78, 5) is 12.1. The van der Waals surface area contributed by atoms with E-state index in [2.05, 4.69) is 10.6 Å². The van der Waals surface area contributed by atoms with Gasteiger partial charge in [-0.05, 0) is 44.9 Å². The molecule has 0 aliphatic carbocycles. The lowest BCUT2D eigenvalue weighted by Gasteiger charge is -2.24. The van der Waals surface area contributed by atoms with Crippen LogP contribution in [0, 0.1) is 13.8 Å². The lowest BCUT2D eigenvalue weighted by molar-refractivity contribution is 0.0930.